The second-order valence-electron chi connectivity index (χ2n) is 8.09. The Bertz CT molecular complexity index is 1230. The molecular formula is C24H23ClN4O2. The zero-order valence-electron chi connectivity index (χ0n) is 17.5. The highest BCUT2D eigenvalue weighted by Crippen LogP contribution is 2.29. The number of nitrogens with zero attached hydrogens (tertiary/aromatic N) is 2. The summed E-state index contributed by atoms with van der Waals surface area (Å²) in [5, 5.41) is 7.85. The maximum absolute atomic E-state index is 11.9. The van der Waals surface area contributed by atoms with Crippen LogP contribution in [0.15, 0.2) is 73.1 Å². The number of benzene rings is 2. The monoisotopic (exact) mass is 434 g/mol. The lowest BCUT2D eigenvalue weighted by molar-refractivity contribution is 0.0636. The summed E-state index contributed by atoms with van der Waals surface area (Å²) in [6, 6.07) is 19.3. The molecule has 2 aromatic carbocycles. The van der Waals surface area contributed by atoms with Gasteiger partial charge in [-0.05, 0) is 69.3 Å². The Labute approximate surface area is 185 Å². The molecule has 1 amide bonds. The zero-order chi connectivity index (χ0) is 22.0. The Morgan fingerprint density at radius 1 is 1.03 bits per heavy atom. The fraction of sp³-hybridized carbons (Fsp3) is 0.167. The lowest BCUT2D eigenvalue weighted by Gasteiger charge is -2.19. The maximum atomic E-state index is 11.9. The first-order valence-electron chi connectivity index (χ1n) is 9.88. The number of hydrogen-bond donors (Lipinski definition) is 2. The van der Waals surface area contributed by atoms with E-state index in [1.807, 2.05) is 86.1 Å². The van der Waals surface area contributed by atoms with Crippen LogP contribution in [0.25, 0.3) is 16.7 Å². The first-order chi connectivity index (χ1) is 14.8. The van der Waals surface area contributed by atoms with Crippen molar-refractivity contribution in [2.24, 2.45) is 0 Å². The summed E-state index contributed by atoms with van der Waals surface area (Å²) in [4.78, 5) is 16.4. The van der Waals surface area contributed by atoms with Gasteiger partial charge in [-0.1, -0.05) is 23.7 Å². The summed E-state index contributed by atoms with van der Waals surface area (Å²) >= 11 is 6.10. The first-order valence-corrected chi connectivity index (χ1v) is 10.3. The third-order valence-electron chi connectivity index (χ3n) is 4.48. The number of carbonyl (C=O) groups is 1. The molecule has 4 rings (SSSR count). The van der Waals surface area contributed by atoms with Crippen LogP contribution in [-0.4, -0.2) is 21.2 Å². The van der Waals surface area contributed by atoms with E-state index in [9.17, 15) is 4.79 Å². The third kappa shape index (κ3) is 4.98. The Morgan fingerprint density at radius 3 is 2.55 bits per heavy atom. The summed E-state index contributed by atoms with van der Waals surface area (Å²) in [5.74, 6) is 0.740. The minimum atomic E-state index is -0.557. The van der Waals surface area contributed by atoms with Gasteiger partial charge in [-0.15, -0.1) is 0 Å². The predicted octanol–water partition coefficient (Wildman–Crippen LogP) is 6.77. The highest BCUT2D eigenvalue weighted by molar-refractivity contribution is 6.30. The van der Waals surface area contributed by atoms with Crippen molar-refractivity contribution in [3.05, 3.63) is 78.1 Å². The highest BCUT2D eigenvalue weighted by atomic mass is 35.5. The Morgan fingerprint density at radius 2 is 1.84 bits per heavy atom. The Balaban J connectivity index is 1.57. The average molecular weight is 435 g/mol. The van der Waals surface area contributed by atoms with Crippen molar-refractivity contribution >= 4 is 45.7 Å². The standard InChI is InChI=1S/C24H23ClN4O2/c1-24(2,3)31-23(30)28-18-10-11-22(26-15-18)29-13-12-19-20(8-5-9-21(19)29)27-17-7-4-6-16(25)14-17/h4-15,27H,1-3H3,(H,28,30). The number of aromatic nitrogens is 2. The number of halogens is 1. The summed E-state index contributed by atoms with van der Waals surface area (Å²) in [5.41, 5.74) is 2.91. The predicted molar refractivity (Wildman–Crippen MR) is 126 cm³/mol. The summed E-state index contributed by atoms with van der Waals surface area (Å²) < 4.78 is 7.27. The van der Waals surface area contributed by atoms with Gasteiger partial charge in [-0.3, -0.25) is 5.32 Å². The van der Waals surface area contributed by atoms with E-state index in [0.29, 0.717) is 10.7 Å². The number of carbonyl (C=O) groups excluding carboxylic acids is 1. The van der Waals surface area contributed by atoms with Crippen molar-refractivity contribution in [1.82, 2.24) is 9.55 Å². The maximum Gasteiger partial charge on any atom is 0.412 e. The van der Waals surface area contributed by atoms with Gasteiger partial charge in [0.15, 0.2) is 0 Å². The van der Waals surface area contributed by atoms with Gasteiger partial charge in [0, 0.05) is 28.0 Å². The summed E-state index contributed by atoms with van der Waals surface area (Å²) in [7, 11) is 0. The second-order valence-corrected chi connectivity index (χ2v) is 8.53. The normalized spacial score (nSPS) is 11.4. The molecule has 2 heterocycles. The van der Waals surface area contributed by atoms with Crippen LogP contribution in [0.1, 0.15) is 20.8 Å². The van der Waals surface area contributed by atoms with Crippen molar-refractivity contribution in [1.29, 1.82) is 0 Å². The molecule has 2 aromatic heterocycles. The van der Waals surface area contributed by atoms with E-state index < -0.39 is 11.7 Å². The molecule has 0 saturated carbocycles. The van der Waals surface area contributed by atoms with Gasteiger partial charge >= 0.3 is 6.09 Å². The molecule has 7 heteroatoms. The van der Waals surface area contributed by atoms with Gasteiger partial charge in [0.2, 0.25) is 0 Å². The minimum absolute atomic E-state index is 0.509. The molecule has 0 aliphatic heterocycles. The lowest BCUT2D eigenvalue weighted by Crippen LogP contribution is -2.27. The molecule has 0 fully saturated rings. The lowest BCUT2D eigenvalue weighted by atomic mass is 10.2. The molecule has 0 aliphatic rings. The fourth-order valence-electron chi connectivity index (χ4n) is 3.22. The molecule has 0 spiro atoms. The number of amides is 1. The Kier molecular flexibility index (Phi) is 5.57. The smallest absolute Gasteiger partial charge is 0.412 e. The zero-order valence-corrected chi connectivity index (χ0v) is 18.3. The Hall–Kier alpha value is -3.51. The number of pyridine rings is 1. The molecule has 0 aliphatic carbocycles. The molecule has 2 N–H and O–H groups in total. The van der Waals surface area contributed by atoms with E-state index in [4.69, 9.17) is 16.3 Å². The first kappa shape index (κ1) is 20.8. The van der Waals surface area contributed by atoms with E-state index in [1.54, 1.807) is 12.3 Å². The van der Waals surface area contributed by atoms with Crippen molar-refractivity contribution in [2.45, 2.75) is 26.4 Å². The molecule has 6 nitrogen and oxygen atoms in total. The van der Waals surface area contributed by atoms with Crippen LogP contribution in [0, 0.1) is 0 Å². The number of rotatable bonds is 4. The van der Waals surface area contributed by atoms with Gasteiger partial charge in [0.1, 0.15) is 11.4 Å². The molecule has 158 valence electrons. The van der Waals surface area contributed by atoms with E-state index >= 15 is 0 Å². The quantitative estimate of drug-likeness (QED) is 0.372. The van der Waals surface area contributed by atoms with Gasteiger partial charge in [0.05, 0.1) is 17.4 Å². The summed E-state index contributed by atoms with van der Waals surface area (Å²) in [6.07, 6.45) is 3.07. The molecule has 0 atom stereocenters. The van der Waals surface area contributed by atoms with E-state index in [1.165, 1.54) is 0 Å². The number of hydrogen-bond acceptors (Lipinski definition) is 4. The molecule has 0 unspecified atom stereocenters. The molecule has 31 heavy (non-hydrogen) atoms. The number of fused-ring (bicyclic) bond motifs is 1. The van der Waals surface area contributed by atoms with Crippen LogP contribution < -0.4 is 10.6 Å². The molecular weight excluding hydrogens is 412 g/mol. The third-order valence-corrected chi connectivity index (χ3v) is 4.71. The van der Waals surface area contributed by atoms with Gasteiger partial charge in [-0.25, -0.2) is 9.78 Å². The van der Waals surface area contributed by atoms with Crippen LogP contribution in [0.3, 0.4) is 0 Å². The topological polar surface area (TPSA) is 68.2 Å². The average Bonchev–Trinajstić information content (AvgIpc) is 3.12. The van der Waals surface area contributed by atoms with Crippen LogP contribution in [0.2, 0.25) is 5.02 Å². The SMILES string of the molecule is CC(C)(C)OC(=O)Nc1ccc(-n2ccc3c(Nc4cccc(Cl)c4)cccc32)nc1. The fourth-order valence-corrected chi connectivity index (χ4v) is 3.41. The van der Waals surface area contributed by atoms with E-state index in [0.717, 1.165) is 28.1 Å². The molecule has 0 radical (unpaired) electrons. The second kappa shape index (κ2) is 8.32. The van der Waals surface area contributed by atoms with Gasteiger partial charge < -0.3 is 14.6 Å². The van der Waals surface area contributed by atoms with Crippen LogP contribution in [-0.2, 0) is 4.74 Å². The van der Waals surface area contributed by atoms with E-state index in [2.05, 4.69) is 15.6 Å². The molecule has 4 aromatic rings. The van der Waals surface area contributed by atoms with Crippen LogP contribution in [0.5, 0.6) is 0 Å². The van der Waals surface area contributed by atoms with Crippen LogP contribution in [0.4, 0.5) is 21.9 Å². The van der Waals surface area contributed by atoms with E-state index in [-0.39, 0.29) is 0 Å². The minimum Gasteiger partial charge on any atom is -0.444 e. The molecule has 0 bridgehead atoms. The van der Waals surface area contributed by atoms with Crippen LogP contribution >= 0.6 is 11.6 Å². The number of ether oxygens (including phenoxy) is 1. The van der Waals surface area contributed by atoms with Gasteiger partial charge in [0.25, 0.3) is 0 Å². The number of nitrogens with one attached hydrogen (secondary N) is 2. The largest absolute Gasteiger partial charge is 0.444 e. The summed E-state index contributed by atoms with van der Waals surface area (Å²) in [6.45, 7) is 5.46. The van der Waals surface area contributed by atoms with Crippen molar-refractivity contribution < 1.29 is 9.53 Å². The highest BCUT2D eigenvalue weighted by Gasteiger charge is 2.16. The van der Waals surface area contributed by atoms with Crippen molar-refractivity contribution in [2.75, 3.05) is 10.6 Å². The molecule has 0 saturated heterocycles. The van der Waals surface area contributed by atoms with Crippen molar-refractivity contribution in [3.8, 4) is 5.82 Å². The van der Waals surface area contributed by atoms with Crippen molar-refractivity contribution in [3.63, 3.8) is 0 Å². The van der Waals surface area contributed by atoms with Gasteiger partial charge in [-0.2, -0.15) is 0 Å². The number of anilines is 3.